The number of benzene rings is 2. The van der Waals surface area contributed by atoms with E-state index in [1.54, 1.807) is 23.5 Å². The first kappa shape index (κ1) is 21.9. The van der Waals surface area contributed by atoms with Gasteiger partial charge in [-0.15, -0.1) is 11.3 Å². The molecule has 1 fully saturated rings. The summed E-state index contributed by atoms with van der Waals surface area (Å²) in [6, 6.07) is 15.7. The van der Waals surface area contributed by atoms with Crippen LogP contribution in [0.15, 0.2) is 59.6 Å². The van der Waals surface area contributed by atoms with Crippen molar-refractivity contribution in [2.75, 3.05) is 26.3 Å². The molecule has 1 saturated heterocycles. The van der Waals surface area contributed by atoms with E-state index >= 15 is 0 Å². The van der Waals surface area contributed by atoms with Crippen LogP contribution < -0.4 is 0 Å². The van der Waals surface area contributed by atoms with E-state index in [1.165, 1.54) is 20.3 Å². The van der Waals surface area contributed by atoms with Gasteiger partial charge in [0.05, 0.1) is 41.2 Å². The largest absolute Gasteiger partial charge is 0.379 e. The van der Waals surface area contributed by atoms with Gasteiger partial charge in [-0.2, -0.15) is 14.5 Å². The zero-order chi connectivity index (χ0) is 24.4. The monoisotopic (exact) mass is 517 g/mol. The molecule has 4 heterocycles. The number of thiophene rings is 1. The van der Waals surface area contributed by atoms with Crippen LogP contribution in [0, 0.1) is 0 Å². The third-order valence-corrected chi connectivity index (χ3v) is 10.1. The van der Waals surface area contributed by atoms with Crippen LogP contribution in [0.5, 0.6) is 0 Å². The molecule has 7 rings (SSSR count). The number of morpholine rings is 1. The van der Waals surface area contributed by atoms with Gasteiger partial charge in [-0.3, -0.25) is 9.78 Å². The Morgan fingerprint density at radius 3 is 2.61 bits per heavy atom. The smallest absolute Gasteiger partial charge is 0.243 e. The van der Waals surface area contributed by atoms with Gasteiger partial charge in [-0.1, -0.05) is 24.3 Å². The molecule has 0 bridgehead atoms. The van der Waals surface area contributed by atoms with Gasteiger partial charge in [-0.25, -0.2) is 8.42 Å². The van der Waals surface area contributed by atoms with Gasteiger partial charge in [0.1, 0.15) is 0 Å². The van der Waals surface area contributed by atoms with Crippen LogP contribution >= 0.6 is 11.3 Å². The fourth-order valence-electron chi connectivity index (χ4n) is 5.09. The molecule has 36 heavy (non-hydrogen) atoms. The quantitative estimate of drug-likeness (QED) is 0.377. The summed E-state index contributed by atoms with van der Waals surface area (Å²) in [5, 5.41) is 13.4. The van der Waals surface area contributed by atoms with Crippen molar-refractivity contribution in [3.63, 3.8) is 0 Å². The SMILES string of the molecule is Cn1ncc2ccc(-c3n[nH]c4c3Cc3sc(-c5ccc(S(=O)(=O)N6CCOCC6)cc5)cc3-4)cc21. The normalized spacial score (nSPS) is 15.9. The number of fused-ring (bicyclic) bond motifs is 4. The number of aryl methyl sites for hydroxylation is 1. The van der Waals surface area contributed by atoms with E-state index in [2.05, 4.69) is 39.6 Å². The van der Waals surface area contributed by atoms with Gasteiger partial charge in [0.2, 0.25) is 10.0 Å². The molecule has 8 nitrogen and oxygen atoms in total. The third-order valence-electron chi connectivity index (χ3n) is 7.05. The van der Waals surface area contributed by atoms with E-state index in [4.69, 9.17) is 4.74 Å². The Morgan fingerprint density at radius 2 is 1.81 bits per heavy atom. The second-order valence-electron chi connectivity index (χ2n) is 9.13. The van der Waals surface area contributed by atoms with Crippen molar-refractivity contribution in [1.82, 2.24) is 24.3 Å². The lowest BCUT2D eigenvalue weighted by atomic mass is 10.0. The number of H-pyrrole nitrogens is 1. The standard InChI is InChI=1S/C26H23N5O3S2/c1-30-22-12-17(2-3-18(22)15-27-30)25-21-14-24-20(26(21)29-28-25)13-23(35-24)16-4-6-19(7-5-16)36(32,33)31-8-10-34-11-9-31/h2-7,12-13,15H,8-11,14H2,1H3,(H,28,29). The summed E-state index contributed by atoms with van der Waals surface area (Å²) in [6.07, 6.45) is 2.70. The summed E-state index contributed by atoms with van der Waals surface area (Å²) in [4.78, 5) is 2.73. The second kappa shape index (κ2) is 8.10. The summed E-state index contributed by atoms with van der Waals surface area (Å²) < 4.78 is 34.5. The highest BCUT2D eigenvalue weighted by Crippen LogP contribution is 2.46. The molecule has 1 N–H and O–H groups in total. The van der Waals surface area contributed by atoms with Crippen molar-refractivity contribution in [1.29, 1.82) is 0 Å². The lowest BCUT2D eigenvalue weighted by Gasteiger charge is -2.26. The van der Waals surface area contributed by atoms with Crippen molar-refractivity contribution in [2.45, 2.75) is 11.3 Å². The summed E-state index contributed by atoms with van der Waals surface area (Å²) >= 11 is 1.75. The summed E-state index contributed by atoms with van der Waals surface area (Å²) in [7, 11) is -1.55. The Hall–Kier alpha value is -3.31. The molecule has 10 heteroatoms. The number of aromatic nitrogens is 4. The highest BCUT2D eigenvalue weighted by Gasteiger charge is 2.29. The topological polar surface area (TPSA) is 93.1 Å². The van der Waals surface area contributed by atoms with Crippen molar-refractivity contribution in [3.05, 3.63) is 65.2 Å². The van der Waals surface area contributed by atoms with Crippen molar-refractivity contribution < 1.29 is 13.2 Å². The van der Waals surface area contributed by atoms with E-state index in [9.17, 15) is 8.42 Å². The Morgan fingerprint density at radius 1 is 1.03 bits per heavy atom. The lowest BCUT2D eigenvalue weighted by Crippen LogP contribution is -2.40. The van der Waals surface area contributed by atoms with Crippen LogP contribution in [0.4, 0.5) is 0 Å². The molecule has 0 amide bonds. The number of rotatable bonds is 4. The fraction of sp³-hybridized carbons (Fsp3) is 0.231. The highest BCUT2D eigenvalue weighted by molar-refractivity contribution is 7.89. The molecule has 1 aliphatic heterocycles. The van der Waals surface area contributed by atoms with Crippen molar-refractivity contribution >= 4 is 32.3 Å². The van der Waals surface area contributed by atoms with Crippen molar-refractivity contribution in [3.8, 4) is 33.0 Å². The Balaban J connectivity index is 1.18. The average molecular weight is 518 g/mol. The second-order valence-corrected chi connectivity index (χ2v) is 12.2. The number of nitrogens with zero attached hydrogens (tertiary/aromatic N) is 4. The van der Waals surface area contributed by atoms with Crippen LogP contribution in [0.2, 0.25) is 0 Å². The minimum absolute atomic E-state index is 0.322. The lowest BCUT2D eigenvalue weighted by molar-refractivity contribution is 0.0730. The van der Waals surface area contributed by atoms with Crippen LogP contribution in [0.1, 0.15) is 10.4 Å². The van der Waals surface area contributed by atoms with Crippen molar-refractivity contribution in [2.24, 2.45) is 7.05 Å². The summed E-state index contributed by atoms with van der Waals surface area (Å²) in [6.45, 7) is 1.67. The molecule has 0 unspecified atom stereocenters. The average Bonchev–Trinajstić information content (AvgIpc) is 3.66. The van der Waals surface area contributed by atoms with Gasteiger partial charge in [0.15, 0.2) is 0 Å². The molecule has 0 spiro atoms. The minimum Gasteiger partial charge on any atom is -0.379 e. The Bertz CT molecular complexity index is 1730. The molecule has 5 aromatic rings. The van der Waals surface area contributed by atoms with Gasteiger partial charge in [0.25, 0.3) is 0 Å². The zero-order valence-electron chi connectivity index (χ0n) is 19.6. The summed E-state index contributed by atoms with van der Waals surface area (Å²) in [5.41, 5.74) is 7.62. The molecule has 1 aliphatic carbocycles. The number of sulfonamides is 1. The van der Waals surface area contributed by atoms with E-state index in [0.717, 1.165) is 44.7 Å². The van der Waals surface area contributed by atoms with Crippen LogP contribution in [0.3, 0.4) is 0 Å². The molecule has 182 valence electrons. The predicted molar refractivity (Wildman–Crippen MR) is 139 cm³/mol. The zero-order valence-corrected chi connectivity index (χ0v) is 21.2. The van der Waals surface area contributed by atoms with Crippen LogP contribution in [-0.2, 0) is 28.2 Å². The predicted octanol–water partition coefficient (Wildman–Crippen LogP) is 4.28. The van der Waals surface area contributed by atoms with Gasteiger partial charge < -0.3 is 4.74 Å². The van der Waals surface area contributed by atoms with E-state index in [0.29, 0.717) is 31.2 Å². The van der Waals surface area contributed by atoms with E-state index < -0.39 is 10.0 Å². The molecule has 0 saturated carbocycles. The fourth-order valence-corrected chi connectivity index (χ4v) is 7.68. The number of hydrogen-bond donors (Lipinski definition) is 1. The van der Waals surface area contributed by atoms with E-state index in [-0.39, 0.29) is 0 Å². The molecule has 0 radical (unpaired) electrons. The highest BCUT2D eigenvalue weighted by atomic mass is 32.2. The van der Waals surface area contributed by atoms with E-state index in [1.807, 2.05) is 30.1 Å². The Labute approximate surface area is 212 Å². The van der Waals surface area contributed by atoms with Crippen LogP contribution in [-0.4, -0.2) is 59.0 Å². The number of hydrogen-bond acceptors (Lipinski definition) is 6. The van der Waals surface area contributed by atoms with Gasteiger partial charge >= 0.3 is 0 Å². The summed E-state index contributed by atoms with van der Waals surface area (Å²) in [5.74, 6) is 0. The maximum absolute atomic E-state index is 12.9. The maximum atomic E-state index is 12.9. The number of nitrogens with one attached hydrogen (secondary N) is 1. The maximum Gasteiger partial charge on any atom is 0.243 e. The molecular weight excluding hydrogens is 494 g/mol. The molecule has 3 aromatic heterocycles. The van der Waals surface area contributed by atoms with Gasteiger partial charge in [-0.05, 0) is 29.8 Å². The molecule has 0 atom stereocenters. The molecule has 2 aromatic carbocycles. The Kier molecular flexibility index (Phi) is 4.94. The molecular formula is C26H23N5O3S2. The minimum atomic E-state index is -3.50. The van der Waals surface area contributed by atoms with Crippen LogP contribution in [0.25, 0.3) is 43.9 Å². The first-order chi connectivity index (χ1) is 17.5. The molecule has 2 aliphatic rings. The first-order valence-corrected chi connectivity index (χ1v) is 14.1. The van der Waals surface area contributed by atoms with Gasteiger partial charge in [0, 0.05) is 58.4 Å². The third kappa shape index (κ3) is 3.36. The first-order valence-electron chi connectivity index (χ1n) is 11.8. The number of aromatic amines is 1. The number of ether oxygens (including phenoxy) is 1.